The quantitative estimate of drug-likeness (QED) is 0.636. The smallest absolute Gasteiger partial charge is 0.235 e. The third-order valence-corrected chi connectivity index (χ3v) is 3.24. The molecule has 2 aromatic carbocycles. The van der Waals surface area contributed by atoms with E-state index in [1.165, 1.54) is 7.11 Å². The number of rotatable bonds is 4. The summed E-state index contributed by atoms with van der Waals surface area (Å²) in [7, 11) is 1.54. The molecule has 2 aromatic rings. The number of hydrogen-bond acceptors (Lipinski definition) is 3. The molecule has 4 heteroatoms. The largest absolute Gasteiger partial charge is 0.497 e. The summed E-state index contributed by atoms with van der Waals surface area (Å²) in [6, 6.07) is 11.4. The molecule has 2 rings (SSSR count). The normalized spacial score (nSPS) is 10.2. The number of carbonyl (C=O) groups is 2. The molecule has 0 unspecified atom stereocenters. The predicted molar refractivity (Wildman–Crippen MR) is 77.8 cm³/mol. The number of hydrogen-bond donors (Lipinski definition) is 0. The second-order valence-electron chi connectivity index (χ2n) is 4.37. The first-order valence-corrected chi connectivity index (χ1v) is 6.40. The van der Waals surface area contributed by atoms with Crippen molar-refractivity contribution in [1.82, 2.24) is 0 Å². The Balaban J connectivity index is 2.29. The van der Waals surface area contributed by atoms with Crippen LogP contribution >= 0.6 is 11.6 Å². The van der Waals surface area contributed by atoms with Gasteiger partial charge in [-0.2, -0.15) is 0 Å². The van der Waals surface area contributed by atoms with Gasteiger partial charge in [0.15, 0.2) is 0 Å². The number of ketones is 2. The Hall–Kier alpha value is -2.13. The molecule has 0 bridgehead atoms. The maximum absolute atomic E-state index is 12.2. The van der Waals surface area contributed by atoms with E-state index in [0.717, 1.165) is 5.56 Å². The molecule has 0 aliphatic rings. The second kappa shape index (κ2) is 5.88. The maximum atomic E-state index is 12.2. The highest BCUT2D eigenvalue weighted by Gasteiger charge is 2.20. The van der Waals surface area contributed by atoms with Gasteiger partial charge in [0.05, 0.1) is 12.1 Å². The summed E-state index contributed by atoms with van der Waals surface area (Å²) in [6.45, 7) is 1.87. The monoisotopic (exact) mass is 288 g/mol. The fourth-order valence-corrected chi connectivity index (χ4v) is 2.12. The van der Waals surface area contributed by atoms with Gasteiger partial charge in [0.2, 0.25) is 11.6 Å². The highest BCUT2D eigenvalue weighted by atomic mass is 35.5. The molecule has 20 heavy (non-hydrogen) atoms. The molecule has 0 aromatic heterocycles. The van der Waals surface area contributed by atoms with Gasteiger partial charge in [-0.25, -0.2) is 0 Å². The van der Waals surface area contributed by atoms with Crippen LogP contribution in [0, 0.1) is 6.92 Å². The summed E-state index contributed by atoms with van der Waals surface area (Å²) in [5, 5.41) is 0.289. The number of methoxy groups -OCH3 is 1. The number of aryl methyl sites for hydroxylation is 1. The van der Waals surface area contributed by atoms with E-state index >= 15 is 0 Å². The Morgan fingerprint density at radius 1 is 1.00 bits per heavy atom. The standard InChI is InChI=1S/C16H13ClO3/c1-10-3-8-13(14(17)9-10)16(19)15(18)11-4-6-12(20-2)7-5-11/h3-9H,1-2H3. The second-order valence-corrected chi connectivity index (χ2v) is 4.78. The SMILES string of the molecule is COc1ccc(C(=O)C(=O)c2ccc(C)cc2Cl)cc1. The lowest BCUT2D eigenvalue weighted by Crippen LogP contribution is -2.15. The van der Waals surface area contributed by atoms with Crippen molar-refractivity contribution in [3.8, 4) is 5.75 Å². The molecular weight excluding hydrogens is 276 g/mol. The molecule has 0 heterocycles. The minimum atomic E-state index is -0.611. The molecule has 0 saturated carbocycles. The summed E-state index contributed by atoms with van der Waals surface area (Å²) < 4.78 is 5.01. The van der Waals surface area contributed by atoms with Gasteiger partial charge >= 0.3 is 0 Å². The van der Waals surface area contributed by atoms with Gasteiger partial charge in [-0.15, -0.1) is 0 Å². The van der Waals surface area contributed by atoms with Crippen LogP contribution in [0.3, 0.4) is 0 Å². The lowest BCUT2D eigenvalue weighted by Gasteiger charge is -2.05. The van der Waals surface area contributed by atoms with E-state index in [0.29, 0.717) is 11.3 Å². The van der Waals surface area contributed by atoms with Crippen LogP contribution in [0.5, 0.6) is 5.75 Å². The number of halogens is 1. The number of benzene rings is 2. The van der Waals surface area contributed by atoms with Gasteiger partial charge in [0.1, 0.15) is 5.75 Å². The molecule has 0 amide bonds. The van der Waals surface area contributed by atoms with Crippen LogP contribution in [0.1, 0.15) is 26.3 Å². The molecule has 0 aliphatic heterocycles. The third kappa shape index (κ3) is 2.89. The predicted octanol–water partition coefficient (Wildman–Crippen LogP) is 3.72. The molecule has 0 spiro atoms. The van der Waals surface area contributed by atoms with Crippen LogP contribution in [-0.4, -0.2) is 18.7 Å². The Kier molecular flexibility index (Phi) is 4.20. The average Bonchev–Trinajstić information content (AvgIpc) is 2.46. The molecule has 102 valence electrons. The lowest BCUT2D eigenvalue weighted by molar-refractivity contribution is 0.0817. The highest BCUT2D eigenvalue weighted by molar-refractivity contribution is 6.51. The first-order chi connectivity index (χ1) is 9.52. The fourth-order valence-electron chi connectivity index (χ4n) is 1.80. The van der Waals surface area contributed by atoms with Gasteiger partial charge in [0, 0.05) is 11.1 Å². The maximum Gasteiger partial charge on any atom is 0.235 e. The molecular formula is C16H13ClO3. The molecule has 0 fully saturated rings. The van der Waals surface area contributed by atoms with E-state index in [1.54, 1.807) is 42.5 Å². The summed E-state index contributed by atoms with van der Waals surface area (Å²) in [5.41, 5.74) is 1.47. The summed E-state index contributed by atoms with van der Waals surface area (Å²) >= 11 is 6.01. The van der Waals surface area contributed by atoms with Gasteiger partial charge in [-0.3, -0.25) is 9.59 Å². The Labute approximate surface area is 122 Å². The summed E-state index contributed by atoms with van der Waals surface area (Å²) in [6.07, 6.45) is 0. The zero-order valence-electron chi connectivity index (χ0n) is 11.1. The van der Waals surface area contributed by atoms with Crippen LogP contribution in [-0.2, 0) is 0 Å². The molecule has 0 radical (unpaired) electrons. The topological polar surface area (TPSA) is 43.4 Å². The van der Waals surface area contributed by atoms with Crippen LogP contribution in [0.15, 0.2) is 42.5 Å². The number of Topliss-reactive ketones (excluding diaryl/α,β-unsaturated/α-hetero) is 2. The van der Waals surface area contributed by atoms with Crippen molar-refractivity contribution in [2.45, 2.75) is 6.92 Å². The van der Waals surface area contributed by atoms with Crippen molar-refractivity contribution < 1.29 is 14.3 Å². The summed E-state index contributed by atoms with van der Waals surface area (Å²) in [4.78, 5) is 24.3. The molecule has 0 atom stereocenters. The van der Waals surface area contributed by atoms with E-state index in [4.69, 9.17) is 16.3 Å². The Bertz CT molecular complexity index is 660. The first kappa shape index (κ1) is 14.3. The van der Waals surface area contributed by atoms with Gasteiger partial charge in [-0.1, -0.05) is 17.7 Å². The van der Waals surface area contributed by atoms with Crippen LogP contribution in [0.25, 0.3) is 0 Å². The zero-order chi connectivity index (χ0) is 14.7. The lowest BCUT2D eigenvalue weighted by atomic mass is 10.0. The minimum Gasteiger partial charge on any atom is -0.497 e. The zero-order valence-corrected chi connectivity index (χ0v) is 11.9. The molecule has 3 nitrogen and oxygen atoms in total. The summed E-state index contributed by atoms with van der Waals surface area (Å²) in [5.74, 6) is -0.569. The van der Waals surface area contributed by atoms with Crippen molar-refractivity contribution in [1.29, 1.82) is 0 Å². The average molecular weight is 289 g/mol. The van der Waals surface area contributed by atoms with Gasteiger partial charge in [0.25, 0.3) is 0 Å². The minimum absolute atomic E-state index is 0.220. The molecule has 0 N–H and O–H groups in total. The van der Waals surface area contributed by atoms with Gasteiger partial charge < -0.3 is 4.74 Å². The molecule has 0 aliphatic carbocycles. The van der Waals surface area contributed by atoms with Crippen LogP contribution in [0.4, 0.5) is 0 Å². The molecule has 0 saturated heterocycles. The van der Waals surface area contributed by atoms with E-state index in [1.807, 2.05) is 6.92 Å². The van der Waals surface area contributed by atoms with E-state index < -0.39 is 11.6 Å². The first-order valence-electron chi connectivity index (χ1n) is 6.02. The Morgan fingerprint density at radius 3 is 2.20 bits per heavy atom. The van der Waals surface area contributed by atoms with Gasteiger partial charge in [-0.05, 0) is 48.9 Å². The Morgan fingerprint density at radius 2 is 1.65 bits per heavy atom. The third-order valence-electron chi connectivity index (χ3n) is 2.93. The van der Waals surface area contributed by atoms with Crippen molar-refractivity contribution in [3.05, 3.63) is 64.2 Å². The van der Waals surface area contributed by atoms with Crippen LogP contribution < -0.4 is 4.74 Å². The fraction of sp³-hybridized carbons (Fsp3) is 0.125. The van der Waals surface area contributed by atoms with E-state index in [2.05, 4.69) is 0 Å². The van der Waals surface area contributed by atoms with Crippen molar-refractivity contribution in [2.75, 3.05) is 7.11 Å². The van der Waals surface area contributed by atoms with Crippen molar-refractivity contribution >= 4 is 23.2 Å². The van der Waals surface area contributed by atoms with Crippen molar-refractivity contribution in [2.24, 2.45) is 0 Å². The van der Waals surface area contributed by atoms with Crippen molar-refractivity contribution in [3.63, 3.8) is 0 Å². The highest BCUT2D eigenvalue weighted by Crippen LogP contribution is 2.20. The number of ether oxygens (including phenoxy) is 1. The van der Waals surface area contributed by atoms with E-state index in [-0.39, 0.29) is 10.6 Å². The van der Waals surface area contributed by atoms with Crippen LogP contribution in [0.2, 0.25) is 5.02 Å². The number of carbonyl (C=O) groups excluding carboxylic acids is 2. The van der Waals surface area contributed by atoms with E-state index in [9.17, 15) is 9.59 Å².